The van der Waals surface area contributed by atoms with Crippen molar-refractivity contribution in [2.45, 2.75) is 6.18 Å². The van der Waals surface area contributed by atoms with Gasteiger partial charge < -0.3 is 5.09 Å². The molecular weight excluding hydrogens is 426 g/mol. The summed E-state index contributed by atoms with van der Waals surface area (Å²) in [5, 5.41) is 7.45. The van der Waals surface area contributed by atoms with Gasteiger partial charge in [-0.2, -0.15) is 13.2 Å². The smallest absolute Gasteiger partial charge is 0.321 e. The van der Waals surface area contributed by atoms with Crippen LogP contribution in [0.5, 0.6) is 0 Å². The molecule has 1 N–H and O–H groups in total. The number of benzene rings is 3. The lowest BCUT2D eigenvalue weighted by Gasteiger charge is -2.27. The number of nitrogens with zero attached hydrogens (tertiary/aromatic N) is 2. The van der Waals surface area contributed by atoms with E-state index in [4.69, 9.17) is 4.74 Å². The van der Waals surface area contributed by atoms with Crippen LogP contribution < -0.4 is 15.7 Å². The Morgan fingerprint density at radius 1 is 0.800 bits per heavy atom. The number of hydrogen-bond acceptors (Lipinski definition) is 3. The summed E-state index contributed by atoms with van der Waals surface area (Å²) < 4.78 is 46.0. The predicted molar refractivity (Wildman–Crippen MR) is 118 cm³/mol. The Hall–Kier alpha value is -2.89. The highest BCUT2D eigenvalue weighted by molar-refractivity contribution is 7.82. The first kappa shape index (κ1) is 20.4. The van der Waals surface area contributed by atoms with Crippen molar-refractivity contribution in [3.8, 4) is 0 Å². The van der Waals surface area contributed by atoms with Gasteiger partial charge in [0, 0.05) is 22.2 Å². The lowest BCUT2D eigenvalue weighted by molar-refractivity contribution is -0.137. The zero-order valence-electron chi connectivity index (χ0n) is 15.6. The summed E-state index contributed by atoms with van der Waals surface area (Å²) in [5.74, 6) is 0. The number of nitrogens with one attached hydrogen (secondary N) is 1. The average Bonchev–Trinajstić information content (AvgIpc) is 3.27. The Morgan fingerprint density at radius 3 is 1.90 bits per heavy atom. The van der Waals surface area contributed by atoms with E-state index < -0.39 is 18.9 Å². The van der Waals surface area contributed by atoms with Gasteiger partial charge in [-0.15, -0.1) is 11.3 Å². The fourth-order valence-electron chi connectivity index (χ4n) is 3.09. The first-order chi connectivity index (χ1) is 14.5. The number of alkyl halides is 3. The molecule has 0 fully saturated rings. The molecule has 1 heterocycles. The number of thiazole rings is 1. The maximum Gasteiger partial charge on any atom is 0.418 e. The lowest BCUT2D eigenvalue weighted by atomic mass is 10.2. The molecule has 3 nitrogen and oxygen atoms in total. The van der Waals surface area contributed by atoms with E-state index in [2.05, 4.69) is 10.1 Å². The maximum absolute atomic E-state index is 13.7. The van der Waals surface area contributed by atoms with Gasteiger partial charge in [-0.1, -0.05) is 72.8 Å². The summed E-state index contributed by atoms with van der Waals surface area (Å²) >= 11 is 1.38. The van der Waals surface area contributed by atoms with Gasteiger partial charge in [-0.25, -0.2) is 9.73 Å². The quantitative estimate of drug-likeness (QED) is 0.350. The zero-order chi connectivity index (χ0) is 21.0. The SMILES string of the molecule is FC(F)(F)c1ccccc1N=P(Nc1nccs1)(c1ccccc1)c1ccccc1. The summed E-state index contributed by atoms with van der Waals surface area (Å²) in [5.41, 5.74) is -0.864. The van der Waals surface area contributed by atoms with E-state index in [0.29, 0.717) is 5.13 Å². The van der Waals surface area contributed by atoms with Crippen molar-refractivity contribution in [3.05, 3.63) is 102 Å². The second-order valence-corrected chi connectivity index (χ2v) is 9.99. The first-order valence-corrected chi connectivity index (χ1v) is 11.7. The lowest BCUT2D eigenvalue weighted by Crippen LogP contribution is -2.22. The van der Waals surface area contributed by atoms with Crippen molar-refractivity contribution >= 4 is 40.0 Å². The Labute approximate surface area is 176 Å². The Morgan fingerprint density at radius 2 is 1.37 bits per heavy atom. The van der Waals surface area contributed by atoms with E-state index in [1.165, 1.54) is 23.5 Å². The van der Waals surface area contributed by atoms with Crippen LogP contribution in [0.25, 0.3) is 0 Å². The van der Waals surface area contributed by atoms with Crippen LogP contribution >= 0.6 is 18.5 Å². The molecule has 0 spiro atoms. The fourth-order valence-corrected chi connectivity index (χ4v) is 6.94. The second-order valence-electron chi connectivity index (χ2n) is 6.37. The minimum absolute atomic E-state index is 0.102. The van der Waals surface area contributed by atoms with Crippen molar-refractivity contribution in [3.63, 3.8) is 0 Å². The van der Waals surface area contributed by atoms with Crippen LogP contribution in [0, 0.1) is 0 Å². The van der Waals surface area contributed by atoms with Gasteiger partial charge >= 0.3 is 6.18 Å². The minimum Gasteiger partial charge on any atom is -0.321 e. The zero-order valence-corrected chi connectivity index (χ0v) is 17.3. The molecule has 0 saturated carbocycles. The molecule has 4 rings (SSSR count). The van der Waals surface area contributed by atoms with E-state index in [1.807, 2.05) is 66.0 Å². The third-order valence-corrected chi connectivity index (χ3v) is 8.40. The molecule has 0 unspecified atom stereocenters. The highest BCUT2D eigenvalue weighted by atomic mass is 32.1. The summed E-state index contributed by atoms with van der Waals surface area (Å²) in [6.45, 7) is 0. The van der Waals surface area contributed by atoms with Crippen molar-refractivity contribution in [2.75, 3.05) is 5.09 Å². The molecule has 8 heteroatoms. The summed E-state index contributed by atoms with van der Waals surface area (Å²) in [7, 11) is -2.89. The predicted octanol–water partition coefficient (Wildman–Crippen LogP) is 6.67. The van der Waals surface area contributed by atoms with Gasteiger partial charge in [0.2, 0.25) is 0 Å². The van der Waals surface area contributed by atoms with Gasteiger partial charge in [-0.3, -0.25) is 0 Å². The van der Waals surface area contributed by atoms with Crippen molar-refractivity contribution in [1.29, 1.82) is 0 Å². The molecule has 3 aromatic carbocycles. The van der Waals surface area contributed by atoms with E-state index in [-0.39, 0.29) is 5.69 Å². The highest BCUT2D eigenvalue weighted by Crippen LogP contribution is 2.52. The molecule has 0 radical (unpaired) electrons. The molecular formula is C22H17F3N3PS. The van der Waals surface area contributed by atoms with E-state index >= 15 is 0 Å². The van der Waals surface area contributed by atoms with Crippen LogP contribution in [-0.2, 0) is 6.18 Å². The van der Waals surface area contributed by atoms with Gasteiger partial charge in [0.1, 0.15) is 7.21 Å². The van der Waals surface area contributed by atoms with Gasteiger partial charge in [0.25, 0.3) is 0 Å². The van der Waals surface area contributed by atoms with Crippen molar-refractivity contribution < 1.29 is 13.2 Å². The second kappa shape index (κ2) is 8.46. The van der Waals surface area contributed by atoms with Crippen molar-refractivity contribution in [2.24, 2.45) is 4.74 Å². The number of hydrogen-bond donors (Lipinski definition) is 1. The van der Waals surface area contributed by atoms with Crippen LogP contribution in [0.1, 0.15) is 5.56 Å². The summed E-state index contributed by atoms with van der Waals surface area (Å²) in [6.07, 6.45) is -2.86. The van der Waals surface area contributed by atoms with Crippen LogP contribution in [0.2, 0.25) is 0 Å². The van der Waals surface area contributed by atoms with E-state index in [0.717, 1.165) is 16.7 Å². The van der Waals surface area contributed by atoms with Crippen LogP contribution in [0.4, 0.5) is 24.0 Å². The van der Waals surface area contributed by atoms with Crippen LogP contribution in [-0.4, -0.2) is 4.98 Å². The van der Waals surface area contributed by atoms with Crippen LogP contribution in [0.15, 0.2) is 101 Å². The largest absolute Gasteiger partial charge is 0.418 e. The Balaban J connectivity index is 2.07. The molecule has 30 heavy (non-hydrogen) atoms. The van der Waals surface area contributed by atoms with E-state index in [9.17, 15) is 13.2 Å². The Bertz CT molecular complexity index is 1120. The van der Waals surface area contributed by atoms with E-state index in [1.54, 1.807) is 12.3 Å². The molecule has 0 bridgehead atoms. The molecule has 0 saturated heterocycles. The fraction of sp³-hybridized carbons (Fsp3) is 0.0455. The molecule has 152 valence electrons. The number of halogens is 3. The van der Waals surface area contributed by atoms with Gasteiger partial charge in [0.15, 0.2) is 5.13 Å². The first-order valence-electron chi connectivity index (χ1n) is 9.07. The maximum atomic E-state index is 13.7. The van der Waals surface area contributed by atoms with Crippen molar-refractivity contribution in [1.82, 2.24) is 4.98 Å². The third kappa shape index (κ3) is 4.18. The summed E-state index contributed by atoms with van der Waals surface area (Å²) in [6, 6.07) is 24.2. The molecule has 0 atom stereocenters. The standard InChI is InChI=1S/C22H17F3N3PS/c23-22(24,25)19-13-7-8-14-20(19)27-29(17-9-3-1-4-10-17,18-11-5-2-6-12-18)28-21-26-15-16-30-21/h1-16H,(H,26,28). The number of anilines is 1. The summed E-state index contributed by atoms with van der Waals surface area (Å²) in [4.78, 5) is 4.32. The highest BCUT2D eigenvalue weighted by Gasteiger charge is 2.35. The normalized spacial score (nSPS) is 11.8. The molecule has 0 aliphatic carbocycles. The molecule has 1 aromatic heterocycles. The average molecular weight is 443 g/mol. The van der Waals surface area contributed by atoms with Gasteiger partial charge in [0.05, 0.1) is 11.3 Å². The molecule has 4 aromatic rings. The molecule has 0 amide bonds. The molecule has 0 aliphatic heterocycles. The molecule has 0 aliphatic rings. The topological polar surface area (TPSA) is 37.3 Å². The number of aromatic nitrogens is 1. The van der Waals surface area contributed by atoms with Crippen LogP contribution in [0.3, 0.4) is 0 Å². The Kier molecular flexibility index (Phi) is 5.75. The monoisotopic (exact) mass is 443 g/mol. The number of rotatable bonds is 5. The minimum atomic E-state index is -4.51. The van der Waals surface area contributed by atoms with Gasteiger partial charge in [-0.05, 0) is 12.1 Å². The third-order valence-electron chi connectivity index (χ3n) is 4.42.